The summed E-state index contributed by atoms with van der Waals surface area (Å²) in [5, 5.41) is 2.73. The van der Waals surface area contributed by atoms with Gasteiger partial charge in [0.15, 0.2) is 6.61 Å². The number of carbonyl (C=O) groups excluding carboxylic acids is 2. The molecule has 0 saturated heterocycles. The molecule has 166 valence electrons. The van der Waals surface area contributed by atoms with Crippen molar-refractivity contribution >= 4 is 11.8 Å². The van der Waals surface area contributed by atoms with Crippen LogP contribution in [0, 0.1) is 13.8 Å². The topological polar surface area (TPSA) is 58.6 Å². The van der Waals surface area contributed by atoms with E-state index in [1.807, 2.05) is 92.7 Å². The van der Waals surface area contributed by atoms with Gasteiger partial charge >= 0.3 is 0 Å². The first-order chi connectivity index (χ1) is 15.5. The average Bonchev–Trinajstić information content (AvgIpc) is 2.82. The number of amides is 2. The summed E-state index contributed by atoms with van der Waals surface area (Å²) in [4.78, 5) is 28.0. The predicted molar refractivity (Wildman–Crippen MR) is 126 cm³/mol. The van der Waals surface area contributed by atoms with Gasteiger partial charge in [0.05, 0.1) is 0 Å². The molecular formula is C27H30N2O3. The third-order valence-electron chi connectivity index (χ3n) is 5.56. The maximum Gasteiger partial charge on any atom is 0.261 e. The van der Waals surface area contributed by atoms with E-state index in [1.54, 1.807) is 11.9 Å². The Labute approximate surface area is 190 Å². The molecule has 0 radical (unpaired) electrons. The summed E-state index contributed by atoms with van der Waals surface area (Å²) in [5.41, 5.74) is 4.01. The monoisotopic (exact) mass is 430 g/mol. The van der Waals surface area contributed by atoms with E-state index in [1.165, 1.54) is 0 Å². The largest absolute Gasteiger partial charge is 0.484 e. The molecule has 0 unspecified atom stereocenters. The van der Waals surface area contributed by atoms with Crippen LogP contribution >= 0.6 is 0 Å². The molecule has 0 aliphatic heterocycles. The number of ether oxygens (including phenoxy) is 1. The van der Waals surface area contributed by atoms with E-state index in [4.69, 9.17) is 4.74 Å². The molecule has 0 saturated carbocycles. The Balaban J connectivity index is 1.89. The summed E-state index contributed by atoms with van der Waals surface area (Å²) >= 11 is 0. The minimum atomic E-state index is -0.657. The quantitative estimate of drug-likeness (QED) is 0.557. The summed E-state index contributed by atoms with van der Waals surface area (Å²) in [6.45, 7) is 4.13. The normalized spacial score (nSPS) is 11.5. The molecule has 2 amide bonds. The van der Waals surface area contributed by atoms with E-state index in [0.29, 0.717) is 18.7 Å². The average molecular weight is 431 g/mol. The molecule has 0 fully saturated rings. The molecule has 0 spiro atoms. The molecule has 0 aromatic heterocycles. The third-order valence-corrected chi connectivity index (χ3v) is 5.56. The second kappa shape index (κ2) is 11.1. The fraction of sp³-hybridized carbons (Fsp3) is 0.259. The van der Waals surface area contributed by atoms with Gasteiger partial charge in [0.2, 0.25) is 5.91 Å². The number of carbonyl (C=O) groups is 2. The molecule has 0 heterocycles. The predicted octanol–water partition coefficient (Wildman–Crippen LogP) is 4.07. The molecule has 5 nitrogen and oxygen atoms in total. The number of likely N-dealkylation sites (N-methyl/N-ethyl adjacent to an activating group) is 1. The van der Waals surface area contributed by atoms with Gasteiger partial charge < -0.3 is 15.0 Å². The van der Waals surface area contributed by atoms with Gasteiger partial charge in [-0.15, -0.1) is 0 Å². The van der Waals surface area contributed by atoms with Crippen LogP contribution in [-0.2, 0) is 22.6 Å². The number of aryl methyl sites for hydroxylation is 2. The molecule has 0 bridgehead atoms. The first-order valence-electron chi connectivity index (χ1n) is 10.8. The minimum absolute atomic E-state index is 0.140. The van der Waals surface area contributed by atoms with Crippen LogP contribution < -0.4 is 10.1 Å². The zero-order valence-corrected chi connectivity index (χ0v) is 18.9. The van der Waals surface area contributed by atoms with Gasteiger partial charge in [-0.2, -0.15) is 0 Å². The Hall–Kier alpha value is -3.60. The number of benzene rings is 3. The molecule has 3 aromatic carbocycles. The van der Waals surface area contributed by atoms with E-state index in [-0.39, 0.29) is 18.4 Å². The number of hydrogen-bond donors (Lipinski definition) is 1. The Kier molecular flexibility index (Phi) is 8.03. The molecule has 1 N–H and O–H groups in total. The molecule has 0 aliphatic carbocycles. The van der Waals surface area contributed by atoms with E-state index in [2.05, 4.69) is 5.32 Å². The van der Waals surface area contributed by atoms with Gasteiger partial charge in [-0.3, -0.25) is 9.59 Å². The van der Waals surface area contributed by atoms with Crippen molar-refractivity contribution < 1.29 is 14.3 Å². The summed E-state index contributed by atoms with van der Waals surface area (Å²) in [5.74, 6) is 0.226. The van der Waals surface area contributed by atoms with Gasteiger partial charge in [0.25, 0.3) is 5.91 Å². The summed E-state index contributed by atoms with van der Waals surface area (Å²) in [6, 6.07) is 24.6. The van der Waals surface area contributed by atoms with Crippen molar-refractivity contribution in [1.82, 2.24) is 10.2 Å². The van der Waals surface area contributed by atoms with Gasteiger partial charge in [-0.25, -0.2) is 0 Å². The number of hydrogen-bond acceptors (Lipinski definition) is 3. The first kappa shape index (κ1) is 23.1. The van der Waals surface area contributed by atoms with Crippen molar-refractivity contribution in [1.29, 1.82) is 0 Å². The lowest BCUT2D eigenvalue weighted by atomic mass is 10.0. The lowest BCUT2D eigenvalue weighted by Crippen LogP contribution is -2.51. The van der Waals surface area contributed by atoms with Gasteiger partial charge in [-0.05, 0) is 42.2 Å². The number of nitrogens with zero attached hydrogens (tertiary/aromatic N) is 1. The molecule has 32 heavy (non-hydrogen) atoms. The Bertz CT molecular complexity index is 1050. The summed E-state index contributed by atoms with van der Waals surface area (Å²) in [7, 11) is 1.60. The van der Waals surface area contributed by atoms with Crippen LogP contribution in [-0.4, -0.2) is 36.4 Å². The lowest BCUT2D eigenvalue weighted by Gasteiger charge is -2.31. The van der Waals surface area contributed by atoms with Crippen LogP contribution in [0.2, 0.25) is 0 Å². The van der Waals surface area contributed by atoms with Crippen molar-refractivity contribution in [3.05, 3.63) is 101 Å². The smallest absolute Gasteiger partial charge is 0.261 e. The molecule has 0 aliphatic rings. The summed E-state index contributed by atoms with van der Waals surface area (Å²) in [6.07, 6.45) is 0.419. The van der Waals surface area contributed by atoms with Crippen molar-refractivity contribution in [3.63, 3.8) is 0 Å². The van der Waals surface area contributed by atoms with E-state index < -0.39 is 6.04 Å². The van der Waals surface area contributed by atoms with Crippen molar-refractivity contribution in [2.75, 3.05) is 13.7 Å². The Morgan fingerprint density at radius 3 is 2.16 bits per heavy atom. The highest BCUT2D eigenvalue weighted by molar-refractivity contribution is 5.88. The maximum atomic E-state index is 13.4. The van der Waals surface area contributed by atoms with E-state index >= 15 is 0 Å². The SMILES string of the molecule is CNC(=O)[C@H](Cc1ccccc1)N(Cc1ccccc1C)C(=O)COc1ccccc1C. The highest BCUT2D eigenvalue weighted by Gasteiger charge is 2.30. The Morgan fingerprint density at radius 2 is 1.50 bits per heavy atom. The highest BCUT2D eigenvalue weighted by atomic mass is 16.5. The van der Waals surface area contributed by atoms with Crippen LogP contribution in [0.4, 0.5) is 0 Å². The van der Waals surface area contributed by atoms with Gasteiger partial charge in [-0.1, -0.05) is 72.8 Å². The van der Waals surface area contributed by atoms with Crippen LogP contribution in [0.25, 0.3) is 0 Å². The molecule has 3 aromatic rings. The van der Waals surface area contributed by atoms with Crippen LogP contribution in [0.3, 0.4) is 0 Å². The zero-order valence-electron chi connectivity index (χ0n) is 18.9. The number of rotatable bonds is 9. The number of nitrogens with one attached hydrogen (secondary N) is 1. The fourth-order valence-corrected chi connectivity index (χ4v) is 3.63. The van der Waals surface area contributed by atoms with Crippen LogP contribution in [0.15, 0.2) is 78.9 Å². The molecule has 3 rings (SSSR count). The standard InChI is InChI=1S/C27H30N2O3/c1-20-11-7-9-15-23(20)18-29(26(30)19-32-25-16-10-8-12-21(25)2)24(27(31)28-3)17-22-13-5-4-6-14-22/h4-16,24H,17-19H2,1-3H3,(H,28,31)/t24-/m0/s1. The fourth-order valence-electron chi connectivity index (χ4n) is 3.63. The lowest BCUT2D eigenvalue weighted by molar-refractivity contribution is -0.142. The minimum Gasteiger partial charge on any atom is -0.484 e. The molecular weight excluding hydrogens is 400 g/mol. The van der Waals surface area contributed by atoms with Crippen LogP contribution in [0.5, 0.6) is 5.75 Å². The van der Waals surface area contributed by atoms with E-state index in [0.717, 1.165) is 22.3 Å². The first-order valence-corrected chi connectivity index (χ1v) is 10.8. The maximum absolute atomic E-state index is 13.4. The van der Waals surface area contributed by atoms with Crippen LogP contribution in [0.1, 0.15) is 22.3 Å². The Morgan fingerprint density at radius 1 is 0.875 bits per heavy atom. The third kappa shape index (κ3) is 5.97. The zero-order chi connectivity index (χ0) is 22.9. The van der Waals surface area contributed by atoms with Gasteiger partial charge in [0.1, 0.15) is 11.8 Å². The van der Waals surface area contributed by atoms with E-state index in [9.17, 15) is 9.59 Å². The molecule has 1 atom stereocenters. The van der Waals surface area contributed by atoms with Crippen molar-refractivity contribution in [2.45, 2.75) is 32.9 Å². The van der Waals surface area contributed by atoms with Crippen molar-refractivity contribution in [2.24, 2.45) is 0 Å². The highest BCUT2D eigenvalue weighted by Crippen LogP contribution is 2.19. The number of para-hydroxylation sites is 1. The second-order valence-electron chi connectivity index (χ2n) is 7.82. The van der Waals surface area contributed by atoms with Gasteiger partial charge in [0, 0.05) is 20.0 Å². The second-order valence-corrected chi connectivity index (χ2v) is 7.82. The van der Waals surface area contributed by atoms with Crippen molar-refractivity contribution in [3.8, 4) is 5.75 Å². The summed E-state index contributed by atoms with van der Waals surface area (Å²) < 4.78 is 5.84. The molecule has 5 heteroatoms.